The van der Waals surface area contributed by atoms with E-state index in [1.807, 2.05) is 0 Å². The average molecular weight is 351 g/mol. The molecule has 1 aromatic carbocycles. The Hall–Kier alpha value is -0.660. The fraction of sp³-hybridized carbons (Fsp3) is 0.500. The number of halogens is 2. The zero-order valence-corrected chi connectivity index (χ0v) is 13.0. The second kappa shape index (κ2) is 5.76. The Balaban J connectivity index is 2.15. The molecule has 2 rings (SSSR count). The minimum Gasteiger partial charge on any atom is -0.270 e. The largest absolute Gasteiger partial charge is 0.301 e. The summed E-state index contributed by atoms with van der Waals surface area (Å²) in [7, 11) is -3.61. The molecule has 0 spiro atoms. The Morgan fingerprint density at radius 1 is 1.37 bits per heavy atom. The van der Waals surface area contributed by atoms with Crippen molar-refractivity contribution >= 4 is 31.8 Å². The summed E-state index contributed by atoms with van der Waals surface area (Å²) in [5.41, 5.74) is 0.221. The molecule has 0 aromatic heterocycles. The molecule has 0 radical (unpaired) electrons. The molecule has 106 valence electrons. The summed E-state index contributed by atoms with van der Waals surface area (Å²) in [4.78, 5) is 0. The van der Waals surface area contributed by atoms with Crippen LogP contribution in [0.1, 0.15) is 19.8 Å². The summed E-state index contributed by atoms with van der Waals surface area (Å²) in [6, 6.07) is 3.91. The third kappa shape index (κ3) is 3.67. The normalized spacial score (nSPS) is 18.5. The monoisotopic (exact) mass is 350 g/mol. The van der Waals surface area contributed by atoms with Gasteiger partial charge in [0.2, 0.25) is 0 Å². The van der Waals surface area contributed by atoms with Crippen molar-refractivity contribution in [2.75, 3.05) is 17.8 Å². The van der Waals surface area contributed by atoms with E-state index in [1.54, 1.807) is 0 Å². The maximum atomic E-state index is 13.1. The maximum Gasteiger partial charge on any atom is 0.301 e. The van der Waals surface area contributed by atoms with E-state index in [2.05, 4.69) is 27.6 Å². The lowest BCUT2D eigenvalue weighted by Crippen LogP contribution is -2.41. The maximum absolute atomic E-state index is 13.1. The predicted molar refractivity (Wildman–Crippen MR) is 76.6 cm³/mol. The van der Waals surface area contributed by atoms with E-state index >= 15 is 0 Å². The van der Waals surface area contributed by atoms with Crippen LogP contribution in [0.2, 0.25) is 0 Å². The minimum absolute atomic E-state index is 0.221. The van der Waals surface area contributed by atoms with E-state index in [-0.39, 0.29) is 5.69 Å². The van der Waals surface area contributed by atoms with Gasteiger partial charge < -0.3 is 0 Å². The molecule has 0 amide bonds. The van der Waals surface area contributed by atoms with Gasteiger partial charge in [0.15, 0.2) is 0 Å². The number of piperidine rings is 1. The van der Waals surface area contributed by atoms with Crippen molar-refractivity contribution < 1.29 is 12.8 Å². The lowest BCUT2D eigenvalue weighted by molar-refractivity contribution is 0.289. The van der Waals surface area contributed by atoms with Crippen molar-refractivity contribution in [3.63, 3.8) is 0 Å². The highest BCUT2D eigenvalue weighted by molar-refractivity contribution is 9.10. The van der Waals surface area contributed by atoms with E-state index in [0.29, 0.717) is 23.5 Å². The molecule has 1 fully saturated rings. The smallest absolute Gasteiger partial charge is 0.270 e. The van der Waals surface area contributed by atoms with Gasteiger partial charge in [-0.1, -0.05) is 6.92 Å². The minimum atomic E-state index is -3.61. The zero-order valence-electron chi connectivity index (χ0n) is 10.6. The number of rotatable bonds is 3. The van der Waals surface area contributed by atoms with E-state index in [9.17, 15) is 12.8 Å². The third-order valence-corrected chi connectivity index (χ3v) is 5.46. The fourth-order valence-electron chi connectivity index (χ4n) is 2.00. The van der Waals surface area contributed by atoms with E-state index < -0.39 is 16.0 Å². The van der Waals surface area contributed by atoms with E-state index in [1.165, 1.54) is 16.4 Å². The molecule has 0 bridgehead atoms. The molecular weight excluding hydrogens is 335 g/mol. The van der Waals surface area contributed by atoms with Crippen LogP contribution in [-0.2, 0) is 10.2 Å². The molecule has 1 saturated heterocycles. The Morgan fingerprint density at radius 3 is 2.63 bits per heavy atom. The Labute approximate surface area is 121 Å². The van der Waals surface area contributed by atoms with Crippen LogP contribution < -0.4 is 4.72 Å². The lowest BCUT2D eigenvalue weighted by atomic mass is 10.0. The van der Waals surface area contributed by atoms with Gasteiger partial charge in [-0.3, -0.25) is 4.72 Å². The predicted octanol–water partition coefficient (Wildman–Crippen LogP) is 2.98. The van der Waals surface area contributed by atoms with Gasteiger partial charge in [-0.15, -0.1) is 0 Å². The Morgan fingerprint density at radius 2 is 2.00 bits per heavy atom. The van der Waals surface area contributed by atoms with Gasteiger partial charge in [-0.05, 0) is 52.9 Å². The first kappa shape index (κ1) is 14.7. The Bertz CT molecular complexity index is 557. The SMILES string of the molecule is CC1CCN(S(=O)(=O)Nc2cc(F)ccc2Br)CC1. The summed E-state index contributed by atoms with van der Waals surface area (Å²) >= 11 is 3.20. The molecule has 1 aromatic rings. The second-order valence-electron chi connectivity index (χ2n) is 4.81. The first-order chi connectivity index (χ1) is 8.88. The van der Waals surface area contributed by atoms with Gasteiger partial charge >= 0.3 is 10.2 Å². The van der Waals surface area contributed by atoms with Crippen LogP contribution >= 0.6 is 15.9 Å². The fourth-order valence-corrected chi connectivity index (χ4v) is 3.75. The summed E-state index contributed by atoms with van der Waals surface area (Å²) < 4.78 is 41.9. The summed E-state index contributed by atoms with van der Waals surface area (Å²) in [5.74, 6) is 0.0699. The first-order valence-electron chi connectivity index (χ1n) is 6.11. The van der Waals surface area contributed by atoms with Crippen LogP contribution in [0.4, 0.5) is 10.1 Å². The molecular formula is C12H16BrFN2O2S. The molecule has 0 unspecified atom stereocenters. The molecule has 1 aliphatic rings. The number of benzene rings is 1. The molecule has 0 saturated carbocycles. The topological polar surface area (TPSA) is 49.4 Å². The first-order valence-corrected chi connectivity index (χ1v) is 8.35. The standard InChI is InChI=1S/C12H16BrFN2O2S/c1-9-4-6-16(7-5-9)19(17,18)15-12-8-10(14)2-3-11(12)13/h2-3,8-9,15H,4-7H2,1H3. The molecule has 1 N–H and O–H groups in total. The van der Waals surface area contributed by atoms with Crippen LogP contribution in [0.5, 0.6) is 0 Å². The highest BCUT2D eigenvalue weighted by Gasteiger charge is 2.26. The number of hydrogen-bond acceptors (Lipinski definition) is 2. The third-order valence-electron chi connectivity index (χ3n) is 3.25. The zero-order chi connectivity index (χ0) is 14.0. The number of anilines is 1. The van der Waals surface area contributed by atoms with Gasteiger partial charge in [0.1, 0.15) is 5.82 Å². The lowest BCUT2D eigenvalue weighted by Gasteiger charge is -2.29. The molecule has 4 nitrogen and oxygen atoms in total. The van der Waals surface area contributed by atoms with Crippen molar-refractivity contribution in [1.82, 2.24) is 4.31 Å². The van der Waals surface area contributed by atoms with Gasteiger partial charge in [-0.25, -0.2) is 4.39 Å². The summed E-state index contributed by atoms with van der Waals surface area (Å²) in [6.07, 6.45) is 1.70. The number of nitrogens with one attached hydrogen (secondary N) is 1. The molecule has 7 heteroatoms. The quantitative estimate of drug-likeness (QED) is 0.910. The van der Waals surface area contributed by atoms with Crippen LogP contribution in [0.3, 0.4) is 0 Å². The van der Waals surface area contributed by atoms with Crippen LogP contribution in [0.15, 0.2) is 22.7 Å². The van der Waals surface area contributed by atoms with Crippen molar-refractivity contribution in [2.24, 2.45) is 5.92 Å². The molecule has 19 heavy (non-hydrogen) atoms. The van der Waals surface area contributed by atoms with Crippen LogP contribution in [-0.4, -0.2) is 25.8 Å². The summed E-state index contributed by atoms with van der Waals surface area (Å²) in [6.45, 7) is 3.12. The number of hydrogen-bond donors (Lipinski definition) is 1. The highest BCUT2D eigenvalue weighted by Crippen LogP contribution is 2.26. The van der Waals surface area contributed by atoms with Crippen molar-refractivity contribution in [2.45, 2.75) is 19.8 Å². The average Bonchev–Trinajstić information content (AvgIpc) is 2.34. The second-order valence-corrected chi connectivity index (χ2v) is 7.34. The van der Waals surface area contributed by atoms with Crippen LogP contribution in [0.25, 0.3) is 0 Å². The van der Waals surface area contributed by atoms with Crippen molar-refractivity contribution in [3.8, 4) is 0 Å². The van der Waals surface area contributed by atoms with Gasteiger partial charge in [0, 0.05) is 17.6 Å². The van der Waals surface area contributed by atoms with Gasteiger partial charge in [0.25, 0.3) is 0 Å². The van der Waals surface area contributed by atoms with Gasteiger partial charge in [-0.2, -0.15) is 12.7 Å². The summed E-state index contributed by atoms with van der Waals surface area (Å²) in [5, 5.41) is 0. The van der Waals surface area contributed by atoms with Crippen molar-refractivity contribution in [3.05, 3.63) is 28.5 Å². The van der Waals surface area contributed by atoms with E-state index in [0.717, 1.165) is 18.9 Å². The number of nitrogens with zero attached hydrogens (tertiary/aromatic N) is 1. The van der Waals surface area contributed by atoms with Gasteiger partial charge in [0.05, 0.1) is 5.69 Å². The molecule has 1 aliphatic heterocycles. The van der Waals surface area contributed by atoms with Crippen molar-refractivity contribution in [1.29, 1.82) is 0 Å². The highest BCUT2D eigenvalue weighted by atomic mass is 79.9. The molecule has 1 heterocycles. The van der Waals surface area contributed by atoms with E-state index in [4.69, 9.17) is 0 Å². The molecule has 0 aliphatic carbocycles. The molecule has 0 atom stereocenters. The van der Waals surface area contributed by atoms with Crippen LogP contribution in [0, 0.1) is 11.7 Å². The Kier molecular flexibility index (Phi) is 4.47.